The number of furan rings is 1. The average Bonchev–Trinajstić information content (AvgIpc) is 3.07. The van der Waals surface area contributed by atoms with Crippen LogP contribution in [-0.2, 0) is 0 Å². The van der Waals surface area contributed by atoms with Crippen LogP contribution in [0.1, 0.15) is 0 Å². The predicted molar refractivity (Wildman–Crippen MR) is 71.3 cm³/mol. The Kier molecular flexibility index (Phi) is 1.83. The SMILES string of the molecule is c1coc(-c2[nH]nc3c2ccc2ccccc23)c1. The van der Waals surface area contributed by atoms with E-state index < -0.39 is 0 Å². The first kappa shape index (κ1) is 9.48. The molecule has 18 heavy (non-hydrogen) atoms. The largest absolute Gasteiger partial charge is 0.463 e. The number of aromatic amines is 1. The van der Waals surface area contributed by atoms with E-state index in [4.69, 9.17) is 4.42 Å². The highest BCUT2D eigenvalue weighted by atomic mass is 16.3. The normalized spacial score (nSPS) is 11.3. The van der Waals surface area contributed by atoms with E-state index in [1.807, 2.05) is 24.3 Å². The zero-order chi connectivity index (χ0) is 11.9. The second kappa shape index (κ2) is 3.47. The van der Waals surface area contributed by atoms with Crippen LogP contribution in [0, 0.1) is 0 Å². The smallest absolute Gasteiger partial charge is 0.152 e. The van der Waals surface area contributed by atoms with Gasteiger partial charge in [-0.25, -0.2) is 0 Å². The third kappa shape index (κ3) is 1.21. The Balaban J connectivity index is 2.12. The summed E-state index contributed by atoms with van der Waals surface area (Å²) in [5, 5.41) is 10.9. The summed E-state index contributed by atoms with van der Waals surface area (Å²) in [6.45, 7) is 0. The van der Waals surface area contributed by atoms with Crippen molar-refractivity contribution in [3.8, 4) is 11.5 Å². The number of fused-ring (bicyclic) bond motifs is 3. The van der Waals surface area contributed by atoms with Gasteiger partial charge in [-0.3, -0.25) is 5.10 Å². The molecule has 0 aliphatic heterocycles. The van der Waals surface area contributed by atoms with Gasteiger partial charge in [0.1, 0.15) is 11.2 Å². The van der Waals surface area contributed by atoms with Crippen molar-refractivity contribution in [3.63, 3.8) is 0 Å². The maximum Gasteiger partial charge on any atom is 0.152 e. The van der Waals surface area contributed by atoms with Gasteiger partial charge in [-0.2, -0.15) is 5.10 Å². The molecule has 86 valence electrons. The summed E-state index contributed by atoms with van der Waals surface area (Å²) in [5.41, 5.74) is 1.92. The number of benzene rings is 2. The summed E-state index contributed by atoms with van der Waals surface area (Å²) in [7, 11) is 0. The monoisotopic (exact) mass is 234 g/mol. The summed E-state index contributed by atoms with van der Waals surface area (Å²) in [4.78, 5) is 0. The molecule has 0 saturated heterocycles. The molecule has 0 amide bonds. The van der Waals surface area contributed by atoms with Crippen LogP contribution < -0.4 is 0 Å². The van der Waals surface area contributed by atoms with E-state index in [2.05, 4.69) is 34.5 Å². The molecular formula is C15H10N2O. The topological polar surface area (TPSA) is 41.8 Å². The van der Waals surface area contributed by atoms with Gasteiger partial charge < -0.3 is 4.42 Å². The first-order valence-electron chi connectivity index (χ1n) is 5.83. The molecule has 4 aromatic rings. The molecule has 3 nitrogen and oxygen atoms in total. The Morgan fingerprint density at radius 1 is 0.889 bits per heavy atom. The maximum absolute atomic E-state index is 5.43. The molecule has 0 unspecified atom stereocenters. The Morgan fingerprint density at radius 3 is 2.72 bits per heavy atom. The van der Waals surface area contributed by atoms with Crippen LogP contribution >= 0.6 is 0 Å². The number of hydrogen-bond donors (Lipinski definition) is 1. The highest BCUT2D eigenvalue weighted by Crippen LogP contribution is 2.30. The average molecular weight is 234 g/mol. The molecule has 4 rings (SSSR count). The van der Waals surface area contributed by atoms with Crippen molar-refractivity contribution in [3.05, 3.63) is 54.8 Å². The lowest BCUT2D eigenvalue weighted by Crippen LogP contribution is -1.75. The van der Waals surface area contributed by atoms with Gasteiger partial charge in [0.15, 0.2) is 5.76 Å². The third-order valence-electron chi connectivity index (χ3n) is 3.22. The van der Waals surface area contributed by atoms with E-state index >= 15 is 0 Å². The van der Waals surface area contributed by atoms with Crippen LogP contribution in [0.25, 0.3) is 33.1 Å². The number of aromatic nitrogens is 2. The van der Waals surface area contributed by atoms with Crippen LogP contribution in [0.3, 0.4) is 0 Å². The molecule has 3 heteroatoms. The molecule has 2 heterocycles. The van der Waals surface area contributed by atoms with E-state index in [1.165, 1.54) is 5.39 Å². The molecule has 0 atom stereocenters. The first-order chi connectivity index (χ1) is 8.93. The van der Waals surface area contributed by atoms with Crippen LogP contribution in [0.2, 0.25) is 0 Å². The Morgan fingerprint density at radius 2 is 1.83 bits per heavy atom. The molecule has 0 aliphatic carbocycles. The lowest BCUT2D eigenvalue weighted by atomic mass is 10.1. The van der Waals surface area contributed by atoms with Gasteiger partial charge in [0.05, 0.1) is 6.26 Å². The standard InChI is InChI=1S/C15H10N2O/c1-2-5-11-10(4-1)7-8-12-14(11)16-17-15(12)13-6-3-9-18-13/h1-9H,(H,16,17). The Hall–Kier alpha value is -2.55. The van der Waals surface area contributed by atoms with Crippen LogP contribution in [0.5, 0.6) is 0 Å². The number of hydrogen-bond acceptors (Lipinski definition) is 2. The Labute approximate surface area is 103 Å². The van der Waals surface area contributed by atoms with Crippen molar-refractivity contribution in [2.75, 3.05) is 0 Å². The van der Waals surface area contributed by atoms with Gasteiger partial charge in [0.2, 0.25) is 0 Å². The number of nitrogens with one attached hydrogen (secondary N) is 1. The first-order valence-corrected chi connectivity index (χ1v) is 5.83. The molecular weight excluding hydrogens is 224 g/mol. The molecule has 1 N–H and O–H groups in total. The minimum absolute atomic E-state index is 0.813. The lowest BCUT2D eigenvalue weighted by molar-refractivity contribution is 0.580. The van der Waals surface area contributed by atoms with Crippen molar-refractivity contribution in [1.82, 2.24) is 10.2 Å². The van der Waals surface area contributed by atoms with Crippen LogP contribution in [0.4, 0.5) is 0 Å². The summed E-state index contributed by atoms with van der Waals surface area (Å²) in [6, 6.07) is 16.3. The lowest BCUT2D eigenvalue weighted by Gasteiger charge is -1.98. The van der Waals surface area contributed by atoms with E-state index in [-0.39, 0.29) is 0 Å². The molecule has 2 aromatic carbocycles. The van der Waals surface area contributed by atoms with Gasteiger partial charge in [-0.1, -0.05) is 30.3 Å². The quantitative estimate of drug-likeness (QED) is 0.541. The van der Waals surface area contributed by atoms with Crippen molar-refractivity contribution >= 4 is 21.7 Å². The zero-order valence-electron chi connectivity index (χ0n) is 9.55. The van der Waals surface area contributed by atoms with E-state index in [1.54, 1.807) is 6.26 Å². The maximum atomic E-state index is 5.43. The third-order valence-corrected chi connectivity index (χ3v) is 3.22. The summed E-state index contributed by atoms with van der Waals surface area (Å²) in [6.07, 6.45) is 1.67. The second-order valence-electron chi connectivity index (χ2n) is 4.26. The summed E-state index contributed by atoms with van der Waals surface area (Å²) in [5.74, 6) is 0.813. The van der Waals surface area contributed by atoms with E-state index in [9.17, 15) is 0 Å². The van der Waals surface area contributed by atoms with Gasteiger partial charge >= 0.3 is 0 Å². The van der Waals surface area contributed by atoms with Crippen molar-refractivity contribution in [1.29, 1.82) is 0 Å². The fraction of sp³-hybridized carbons (Fsp3) is 0. The molecule has 2 aromatic heterocycles. The van der Waals surface area contributed by atoms with Gasteiger partial charge in [-0.05, 0) is 23.6 Å². The summed E-state index contributed by atoms with van der Waals surface area (Å²) < 4.78 is 5.43. The summed E-state index contributed by atoms with van der Waals surface area (Å²) >= 11 is 0. The Bertz CT molecular complexity index is 828. The fourth-order valence-corrected chi connectivity index (χ4v) is 2.36. The van der Waals surface area contributed by atoms with Crippen molar-refractivity contribution in [2.24, 2.45) is 0 Å². The minimum atomic E-state index is 0.813. The highest BCUT2D eigenvalue weighted by Gasteiger charge is 2.11. The van der Waals surface area contributed by atoms with Gasteiger partial charge in [-0.15, -0.1) is 0 Å². The second-order valence-corrected chi connectivity index (χ2v) is 4.26. The van der Waals surface area contributed by atoms with E-state index in [0.717, 1.165) is 27.7 Å². The van der Waals surface area contributed by atoms with Crippen LogP contribution in [0.15, 0.2) is 59.2 Å². The van der Waals surface area contributed by atoms with Crippen molar-refractivity contribution < 1.29 is 4.42 Å². The number of nitrogens with zero attached hydrogens (tertiary/aromatic N) is 1. The molecule has 0 fully saturated rings. The van der Waals surface area contributed by atoms with Gasteiger partial charge in [0.25, 0.3) is 0 Å². The minimum Gasteiger partial charge on any atom is -0.463 e. The number of rotatable bonds is 1. The van der Waals surface area contributed by atoms with Gasteiger partial charge in [0, 0.05) is 10.8 Å². The molecule has 0 spiro atoms. The van der Waals surface area contributed by atoms with E-state index in [0.29, 0.717) is 0 Å². The zero-order valence-corrected chi connectivity index (χ0v) is 9.55. The highest BCUT2D eigenvalue weighted by molar-refractivity contribution is 6.09. The van der Waals surface area contributed by atoms with Crippen molar-refractivity contribution in [2.45, 2.75) is 0 Å². The molecule has 0 saturated carbocycles. The molecule has 0 bridgehead atoms. The number of H-pyrrole nitrogens is 1. The molecule has 0 aliphatic rings. The fourth-order valence-electron chi connectivity index (χ4n) is 2.36. The van der Waals surface area contributed by atoms with Crippen LogP contribution in [-0.4, -0.2) is 10.2 Å². The molecule has 0 radical (unpaired) electrons. The predicted octanol–water partition coefficient (Wildman–Crippen LogP) is 3.98.